The molecular formula is C16H32IN3O. The molecule has 1 aliphatic heterocycles. The minimum absolute atomic E-state index is 0. The van der Waals surface area contributed by atoms with E-state index < -0.39 is 5.60 Å². The normalized spacial score (nSPS) is 24.7. The molecule has 1 atom stereocenters. The summed E-state index contributed by atoms with van der Waals surface area (Å²) in [5, 5.41) is 13.6. The van der Waals surface area contributed by atoms with Crippen LogP contribution in [0.3, 0.4) is 0 Å². The summed E-state index contributed by atoms with van der Waals surface area (Å²) >= 11 is 0. The van der Waals surface area contributed by atoms with Gasteiger partial charge >= 0.3 is 0 Å². The van der Waals surface area contributed by atoms with Gasteiger partial charge in [-0.3, -0.25) is 4.99 Å². The Morgan fingerprint density at radius 1 is 1.43 bits per heavy atom. The monoisotopic (exact) mass is 409 g/mol. The van der Waals surface area contributed by atoms with Crippen LogP contribution >= 0.6 is 24.0 Å². The van der Waals surface area contributed by atoms with Crippen molar-refractivity contribution in [3.63, 3.8) is 0 Å². The number of hydrogen-bond donors (Lipinski definition) is 2. The van der Waals surface area contributed by atoms with Gasteiger partial charge in [0.25, 0.3) is 0 Å². The van der Waals surface area contributed by atoms with E-state index in [0.29, 0.717) is 6.54 Å². The van der Waals surface area contributed by atoms with Gasteiger partial charge in [0.2, 0.25) is 0 Å². The van der Waals surface area contributed by atoms with Crippen LogP contribution in [0.4, 0.5) is 0 Å². The first kappa shape index (κ1) is 19.0. The van der Waals surface area contributed by atoms with E-state index in [2.05, 4.69) is 36.0 Å². The third-order valence-electron chi connectivity index (χ3n) is 4.53. The predicted octanol–water partition coefficient (Wildman–Crippen LogP) is 2.85. The van der Waals surface area contributed by atoms with Crippen LogP contribution in [0.5, 0.6) is 0 Å². The Morgan fingerprint density at radius 3 is 2.67 bits per heavy atom. The summed E-state index contributed by atoms with van der Waals surface area (Å²) in [6.45, 7) is 10.4. The highest BCUT2D eigenvalue weighted by molar-refractivity contribution is 14.0. The fraction of sp³-hybridized carbons (Fsp3) is 0.938. The second-order valence-corrected chi connectivity index (χ2v) is 6.98. The Kier molecular flexibility index (Phi) is 7.74. The van der Waals surface area contributed by atoms with Gasteiger partial charge in [-0.25, -0.2) is 0 Å². The van der Waals surface area contributed by atoms with Crippen molar-refractivity contribution in [2.75, 3.05) is 26.2 Å². The zero-order chi connectivity index (χ0) is 14.6. The fourth-order valence-electron chi connectivity index (χ4n) is 3.27. The van der Waals surface area contributed by atoms with Crippen LogP contribution < -0.4 is 5.32 Å². The molecule has 21 heavy (non-hydrogen) atoms. The van der Waals surface area contributed by atoms with E-state index in [1.54, 1.807) is 0 Å². The first-order valence-corrected chi connectivity index (χ1v) is 8.28. The van der Waals surface area contributed by atoms with Crippen molar-refractivity contribution in [3.05, 3.63) is 0 Å². The SMILES string of the molecule is CCNC(=NCC1(O)CCC1)N1CCC(CC(C)C)C1.I. The first-order valence-electron chi connectivity index (χ1n) is 8.28. The Labute approximate surface area is 146 Å². The molecule has 2 rings (SSSR count). The number of halogens is 1. The molecule has 124 valence electrons. The highest BCUT2D eigenvalue weighted by Crippen LogP contribution is 2.31. The largest absolute Gasteiger partial charge is 0.388 e. The average Bonchev–Trinajstić information content (AvgIpc) is 2.79. The molecule has 0 bridgehead atoms. The predicted molar refractivity (Wildman–Crippen MR) is 99.3 cm³/mol. The summed E-state index contributed by atoms with van der Waals surface area (Å²) in [4.78, 5) is 7.06. The Bertz CT molecular complexity index is 342. The van der Waals surface area contributed by atoms with Gasteiger partial charge in [0.05, 0.1) is 12.1 Å². The molecule has 0 spiro atoms. The van der Waals surface area contributed by atoms with Gasteiger partial charge in [0.1, 0.15) is 0 Å². The maximum atomic E-state index is 10.2. The number of aliphatic imine (C=N–C) groups is 1. The molecule has 2 N–H and O–H groups in total. The molecule has 1 unspecified atom stereocenters. The molecular weight excluding hydrogens is 377 g/mol. The molecule has 1 heterocycles. The lowest BCUT2D eigenvalue weighted by Crippen LogP contribution is -2.44. The lowest BCUT2D eigenvalue weighted by atomic mass is 9.80. The van der Waals surface area contributed by atoms with Crippen molar-refractivity contribution in [2.24, 2.45) is 16.8 Å². The lowest BCUT2D eigenvalue weighted by molar-refractivity contribution is -0.0237. The van der Waals surface area contributed by atoms with Gasteiger partial charge in [-0.2, -0.15) is 0 Å². The Balaban J connectivity index is 0.00000220. The summed E-state index contributed by atoms with van der Waals surface area (Å²) < 4.78 is 0. The van der Waals surface area contributed by atoms with E-state index in [0.717, 1.165) is 56.7 Å². The molecule has 1 aliphatic carbocycles. The quantitative estimate of drug-likeness (QED) is 0.417. The second-order valence-electron chi connectivity index (χ2n) is 6.98. The van der Waals surface area contributed by atoms with E-state index in [4.69, 9.17) is 0 Å². The van der Waals surface area contributed by atoms with Crippen molar-refractivity contribution in [3.8, 4) is 0 Å². The number of likely N-dealkylation sites (tertiary alicyclic amines) is 1. The molecule has 0 aromatic carbocycles. The smallest absolute Gasteiger partial charge is 0.194 e. The highest BCUT2D eigenvalue weighted by Gasteiger charge is 2.34. The minimum atomic E-state index is -0.516. The topological polar surface area (TPSA) is 47.9 Å². The maximum absolute atomic E-state index is 10.2. The molecule has 1 saturated heterocycles. The molecule has 0 aromatic rings. The van der Waals surface area contributed by atoms with Crippen LogP contribution in [0.1, 0.15) is 52.9 Å². The minimum Gasteiger partial charge on any atom is -0.388 e. The van der Waals surface area contributed by atoms with Crippen LogP contribution in [0.15, 0.2) is 4.99 Å². The third kappa shape index (κ3) is 5.58. The summed E-state index contributed by atoms with van der Waals surface area (Å²) in [5.41, 5.74) is -0.516. The van der Waals surface area contributed by atoms with Crippen molar-refractivity contribution < 1.29 is 5.11 Å². The van der Waals surface area contributed by atoms with Gasteiger partial charge in [-0.15, -0.1) is 24.0 Å². The fourth-order valence-corrected chi connectivity index (χ4v) is 3.27. The summed E-state index contributed by atoms with van der Waals surface area (Å²) in [6, 6.07) is 0. The molecule has 2 aliphatic rings. The van der Waals surface area contributed by atoms with E-state index in [1.165, 1.54) is 12.8 Å². The summed E-state index contributed by atoms with van der Waals surface area (Å²) in [7, 11) is 0. The van der Waals surface area contributed by atoms with Crippen LogP contribution in [0.2, 0.25) is 0 Å². The molecule has 1 saturated carbocycles. The Morgan fingerprint density at radius 2 is 2.14 bits per heavy atom. The zero-order valence-electron chi connectivity index (χ0n) is 13.8. The Hall–Kier alpha value is -0.0400. The summed E-state index contributed by atoms with van der Waals surface area (Å²) in [5.74, 6) is 2.57. The molecule has 5 heteroatoms. The molecule has 0 aromatic heterocycles. The van der Waals surface area contributed by atoms with Gasteiger partial charge < -0.3 is 15.3 Å². The van der Waals surface area contributed by atoms with Gasteiger partial charge in [0, 0.05) is 19.6 Å². The number of hydrogen-bond acceptors (Lipinski definition) is 2. The van der Waals surface area contributed by atoms with E-state index in [-0.39, 0.29) is 24.0 Å². The molecule has 4 nitrogen and oxygen atoms in total. The van der Waals surface area contributed by atoms with Crippen molar-refractivity contribution >= 4 is 29.9 Å². The van der Waals surface area contributed by atoms with Crippen molar-refractivity contribution in [1.82, 2.24) is 10.2 Å². The van der Waals surface area contributed by atoms with E-state index >= 15 is 0 Å². The second kappa shape index (κ2) is 8.56. The van der Waals surface area contributed by atoms with E-state index in [1.807, 2.05) is 0 Å². The number of nitrogens with zero attached hydrogens (tertiary/aromatic N) is 2. The molecule has 2 fully saturated rings. The number of nitrogens with one attached hydrogen (secondary N) is 1. The molecule has 0 amide bonds. The number of aliphatic hydroxyl groups is 1. The van der Waals surface area contributed by atoms with E-state index in [9.17, 15) is 5.11 Å². The molecule has 0 radical (unpaired) electrons. The average molecular weight is 409 g/mol. The van der Waals surface area contributed by atoms with Crippen LogP contribution in [-0.4, -0.2) is 47.7 Å². The third-order valence-corrected chi connectivity index (χ3v) is 4.53. The lowest BCUT2D eigenvalue weighted by Gasteiger charge is -2.35. The van der Waals surface area contributed by atoms with Crippen LogP contribution in [0, 0.1) is 11.8 Å². The van der Waals surface area contributed by atoms with Crippen molar-refractivity contribution in [1.29, 1.82) is 0 Å². The van der Waals surface area contributed by atoms with Gasteiger partial charge in [-0.1, -0.05) is 13.8 Å². The zero-order valence-corrected chi connectivity index (χ0v) is 16.1. The highest BCUT2D eigenvalue weighted by atomic mass is 127. The standard InChI is InChI=1S/C16H31N3O.HI/c1-4-17-15(18-12-16(20)7-5-8-16)19-9-6-14(11-19)10-13(2)3;/h13-14,20H,4-12H2,1-3H3,(H,17,18);1H. The van der Waals surface area contributed by atoms with Crippen LogP contribution in [0.25, 0.3) is 0 Å². The maximum Gasteiger partial charge on any atom is 0.194 e. The summed E-state index contributed by atoms with van der Waals surface area (Å²) in [6.07, 6.45) is 5.53. The number of guanidine groups is 1. The van der Waals surface area contributed by atoms with Crippen LogP contribution in [-0.2, 0) is 0 Å². The number of rotatable bonds is 5. The van der Waals surface area contributed by atoms with Crippen molar-refractivity contribution in [2.45, 2.75) is 58.5 Å². The van der Waals surface area contributed by atoms with Gasteiger partial charge in [-0.05, 0) is 50.9 Å². The van der Waals surface area contributed by atoms with Gasteiger partial charge in [0.15, 0.2) is 5.96 Å². The first-order chi connectivity index (χ1) is 9.52.